The first-order valence-electron chi connectivity index (χ1n) is 4.04. The number of hydrogen-bond acceptors (Lipinski definition) is 4. The van der Waals surface area contributed by atoms with Crippen LogP contribution in [0.2, 0.25) is 0 Å². The zero-order valence-corrected chi connectivity index (χ0v) is 6.99. The molecule has 0 aromatic heterocycles. The lowest BCUT2D eigenvalue weighted by Gasteiger charge is -2.20. The van der Waals surface area contributed by atoms with Crippen molar-refractivity contribution in [2.24, 2.45) is 0 Å². The number of aromatic hydroxyl groups is 1. The van der Waals surface area contributed by atoms with Gasteiger partial charge in [0.15, 0.2) is 11.5 Å². The molecule has 1 heterocycles. The Balaban J connectivity index is 2.52. The molecule has 1 aliphatic rings. The largest absolute Gasteiger partial charge is 0.507 e. The van der Waals surface area contributed by atoms with E-state index in [-0.39, 0.29) is 12.4 Å². The van der Waals surface area contributed by atoms with Crippen LogP contribution in [0.4, 0.5) is 0 Å². The van der Waals surface area contributed by atoms with E-state index in [1.165, 1.54) is 6.07 Å². The third kappa shape index (κ3) is 1.29. The van der Waals surface area contributed by atoms with Gasteiger partial charge < -0.3 is 19.7 Å². The van der Waals surface area contributed by atoms with E-state index in [0.29, 0.717) is 30.3 Å². The van der Waals surface area contributed by atoms with Crippen molar-refractivity contribution in [2.75, 3.05) is 13.2 Å². The maximum Gasteiger partial charge on any atom is 0.170 e. The van der Waals surface area contributed by atoms with Gasteiger partial charge in [-0.25, -0.2) is 0 Å². The molecule has 0 amide bonds. The van der Waals surface area contributed by atoms with Crippen molar-refractivity contribution in [1.82, 2.24) is 0 Å². The standard InChI is InChI=1S/C9H10O4/c10-5-6-7(11)1-2-8-9(6)13-4-3-12-8/h1-2,10-11H,3-5H2. The first kappa shape index (κ1) is 8.19. The first-order chi connectivity index (χ1) is 6.33. The molecular weight excluding hydrogens is 172 g/mol. The number of phenols is 1. The van der Waals surface area contributed by atoms with Crippen molar-refractivity contribution >= 4 is 0 Å². The van der Waals surface area contributed by atoms with E-state index in [4.69, 9.17) is 14.6 Å². The lowest BCUT2D eigenvalue weighted by molar-refractivity contribution is 0.163. The average molecular weight is 182 g/mol. The van der Waals surface area contributed by atoms with Gasteiger partial charge >= 0.3 is 0 Å². The van der Waals surface area contributed by atoms with Gasteiger partial charge in [-0.15, -0.1) is 0 Å². The highest BCUT2D eigenvalue weighted by atomic mass is 16.6. The van der Waals surface area contributed by atoms with E-state index in [1.807, 2.05) is 0 Å². The zero-order valence-electron chi connectivity index (χ0n) is 6.99. The SMILES string of the molecule is OCc1c(O)ccc2c1OCCO2. The molecule has 1 aliphatic heterocycles. The fourth-order valence-corrected chi connectivity index (χ4v) is 1.32. The highest BCUT2D eigenvalue weighted by Crippen LogP contribution is 2.38. The molecule has 0 atom stereocenters. The topological polar surface area (TPSA) is 58.9 Å². The molecule has 0 saturated heterocycles. The lowest BCUT2D eigenvalue weighted by Crippen LogP contribution is -2.16. The van der Waals surface area contributed by atoms with Gasteiger partial charge in [0.05, 0.1) is 12.2 Å². The van der Waals surface area contributed by atoms with Crippen molar-refractivity contribution in [1.29, 1.82) is 0 Å². The summed E-state index contributed by atoms with van der Waals surface area (Å²) in [5.41, 5.74) is 0.386. The van der Waals surface area contributed by atoms with Gasteiger partial charge in [0, 0.05) is 0 Å². The summed E-state index contributed by atoms with van der Waals surface area (Å²) in [6.07, 6.45) is 0. The minimum absolute atomic E-state index is 0.0340. The summed E-state index contributed by atoms with van der Waals surface area (Å²) in [6.45, 7) is 0.699. The van der Waals surface area contributed by atoms with E-state index < -0.39 is 0 Å². The summed E-state index contributed by atoms with van der Waals surface area (Å²) in [6, 6.07) is 3.11. The molecular formula is C9H10O4. The number of hydrogen-bond donors (Lipinski definition) is 2. The van der Waals surface area contributed by atoms with E-state index in [9.17, 15) is 5.11 Å². The molecule has 1 aromatic carbocycles. The number of fused-ring (bicyclic) bond motifs is 1. The highest BCUT2D eigenvalue weighted by Gasteiger charge is 2.18. The second-order valence-corrected chi connectivity index (χ2v) is 2.75. The van der Waals surface area contributed by atoms with Gasteiger partial charge in [-0.05, 0) is 12.1 Å². The molecule has 0 aliphatic carbocycles. The summed E-state index contributed by atoms with van der Waals surface area (Å²) < 4.78 is 10.6. The maximum absolute atomic E-state index is 9.37. The van der Waals surface area contributed by atoms with Crippen LogP contribution in [0.3, 0.4) is 0 Å². The second-order valence-electron chi connectivity index (χ2n) is 2.75. The third-order valence-electron chi connectivity index (χ3n) is 1.95. The average Bonchev–Trinajstić information content (AvgIpc) is 2.18. The van der Waals surface area contributed by atoms with Gasteiger partial charge in [0.2, 0.25) is 0 Å². The molecule has 1 aromatic rings. The predicted molar refractivity (Wildman–Crippen MR) is 45.0 cm³/mol. The minimum atomic E-state index is -0.252. The van der Waals surface area contributed by atoms with Crippen LogP contribution < -0.4 is 9.47 Å². The molecule has 2 N–H and O–H groups in total. The summed E-state index contributed by atoms with van der Waals surface area (Å²) >= 11 is 0. The van der Waals surface area contributed by atoms with E-state index in [1.54, 1.807) is 6.07 Å². The molecule has 13 heavy (non-hydrogen) atoms. The molecule has 0 saturated carbocycles. The summed E-state index contributed by atoms with van der Waals surface area (Å²) in [7, 11) is 0. The van der Waals surface area contributed by atoms with Crippen molar-refractivity contribution in [3.05, 3.63) is 17.7 Å². The van der Waals surface area contributed by atoms with Crippen LogP contribution in [0.1, 0.15) is 5.56 Å². The molecule has 0 fully saturated rings. The second kappa shape index (κ2) is 3.14. The first-order valence-corrected chi connectivity index (χ1v) is 4.04. The Morgan fingerprint density at radius 2 is 2.00 bits per heavy atom. The molecule has 4 heteroatoms. The smallest absolute Gasteiger partial charge is 0.170 e. The van der Waals surface area contributed by atoms with E-state index in [0.717, 1.165) is 0 Å². The number of rotatable bonds is 1. The molecule has 2 rings (SSSR count). The molecule has 0 radical (unpaired) electrons. The predicted octanol–water partition coefficient (Wildman–Crippen LogP) is 0.656. The Hall–Kier alpha value is -1.42. The van der Waals surface area contributed by atoms with Gasteiger partial charge in [0.25, 0.3) is 0 Å². The normalized spacial score (nSPS) is 14.2. The van der Waals surface area contributed by atoms with Gasteiger partial charge in [0.1, 0.15) is 19.0 Å². The molecule has 4 nitrogen and oxygen atoms in total. The summed E-state index contributed by atoms with van der Waals surface area (Å²) in [5, 5.41) is 18.3. The Kier molecular flexibility index (Phi) is 1.98. The van der Waals surface area contributed by atoms with Crippen molar-refractivity contribution in [2.45, 2.75) is 6.61 Å². The minimum Gasteiger partial charge on any atom is -0.507 e. The van der Waals surface area contributed by atoms with Crippen LogP contribution in [-0.2, 0) is 6.61 Å². The Morgan fingerprint density at radius 1 is 1.23 bits per heavy atom. The number of ether oxygens (including phenoxy) is 2. The molecule has 70 valence electrons. The van der Waals surface area contributed by atoms with Gasteiger partial charge in [-0.2, -0.15) is 0 Å². The highest BCUT2D eigenvalue weighted by molar-refractivity contribution is 5.53. The van der Waals surface area contributed by atoms with Crippen LogP contribution in [0.5, 0.6) is 17.2 Å². The van der Waals surface area contributed by atoms with Crippen LogP contribution in [0.25, 0.3) is 0 Å². The lowest BCUT2D eigenvalue weighted by atomic mass is 10.1. The molecule has 0 spiro atoms. The summed E-state index contributed by atoms with van der Waals surface area (Å²) in [4.78, 5) is 0. The van der Waals surface area contributed by atoms with E-state index >= 15 is 0 Å². The molecule has 0 bridgehead atoms. The third-order valence-corrected chi connectivity index (χ3v) is 1.95. The van der Waals surface area contributed by atoms with Crippen LogP contribution >= 0.6 is 0 Å². The quantitative estimate of drug-likeness (QED) is 0.669. The maximum atomic E-state index is 9.37. The van der Waals surface area contributed by atoms with Crippen LogP contribution in [0.15, 0.2) is 12.1 Å². The number of benzene rings is 1. The van der Waals surface area contributed by atoms with Crippen molar-refractivity contribution in [3.8, 4) is 17.2 Å². The van der Waals surface area contributed by atoms with E-state index in [2.05, 4.69) is 0 Å². The number of aliphatic hydroxyl groups is 1. The van der Waals surface area contributed by atoms with Crippen molar-refractivity contribution < 1.29 is 19.7 Å². The van der Waals surface area contributed by atoms with Crippen LogP contribution in [-0.4, -0.2) is 23.4 Å². The van der Waals surface area contributed by atoms with Gasteiger partial charge in [-0.3, -0.25) is 0 Å². The summed E-state index contributed by atoms with van der Waals surface area (Å²) in [5.74, 6) is 1.06. The zero-order chi connectivity index (χ0) is 9.26. The number of aliphatic hydroxyl groups excluding tert-OH is 1. The molecule has 0 unspecified atom stereocenters. The van der Waals surface area contributed by atoms with Crippen molar-refractivity contribution in [3.63, 3.8) is 0 Å². The fourth-order valence-electron chi connectivity index (χ4n) is 1.32. The Labute approximate surface area is 75.3 Å². The van der Waals surface area contributed by atoms with Gasteiger partial charge in [-0.1, -0.05) is 0 Å². The fraction of sp³-hybridized carbons (Fsp3) is 0.333. The Bertz CT molecular complexity index is 322. The van der Waals surface area contributed by atoms with Crippen LogP contribution in [0, 0.1) is 0 Å². The monoisotopic (exact) mass is 182 g/mol. The Morgan fingerprint density at radius 3 is 2.77 bits per heavy atom.